The van der Waals surface area contributed by atoms with Gasteiger partial charge in [-0.05, 0) is 6.26 Å². The smallest absolute Gasteiger partial charge is 0.144 e. The van der Waals surface area contributed by atoms with Gasteiger partial charge >= 0.3 is 0 Å². The predicted molar refractivity (Wildman–Crippen MR) is 42.6 cm³/mol. The topological polar surface area (TPSA) is 43.1 Å². The zero-order valence-corrected chi connectivity index (χ0v) is 6.75. The highest BCUT2D eigenvalue weighted by Crippen LogP contribution is 2.15. The molecular weight excluding hydrogens is 160 g/mol. The normalized spacial score (nSPS) is 10.6. The minimum Gasteiger partial charge on any atom is -0.285 e. The standard InChI is InChI=1S/C6H6N4S/c1-11-6-5-2-7-3-10(5)4-8-9-6/h2-4H,1H3. The molecule has 0 radical (unpaired) electrons. The molecule has 0 saturated carbocycles. The van der Waals surface area contributed by atoms with E-state index in [9.17, 15) is 0 Å². The Kier molecular flexibility index (Phi) is 1.50. The van der Waals surface area contributed by atoms with Crippen molar-refractivity contribution >= 4 is 17.3 Å². The molecule has 2 aromatic heterocycles. The largest absolute Gasteiger partial charge is 0.285 e. The molecule has 2 rings (SSSR count). The molecule has 0 saturated heterocycles. The lowest BCUT2D eigenvalue weighted by Gasteiger charge is -1.95. The Balaban J connectivity index is 2.79. The monoisotopic (exact) mass is 166 g/mol. The maximum absolute atomic E-state index is 3.98. The molecule has 0 aliphatic carbocycles. The molecule has 11 heavy (non-hydrogen) atoms. The predicted octanol–water partition coefficient (Wildman–Crippen LogP) is 0.846. The van der Waals surface area contributed by atoms with Crippen LogP contribution in [0.2, 0.25) is 0 Å². The second-order valence-electron chi connectivity index (χ2n) is 2.03. The number of rotatable bonds is 1. The van der Waals surface area contributed by atoms with Crippen LogP contribution in [-0.4, -0.2) is 25.8 Å². The fourth-order valence-electron chi connectivity index (χ4n) is 0.893. The third-order valence-corrected chi connectivity index (χ3v) is 2.08. The molecule has 2 aromatic rings. The summed E-state index contributed by atoms with van der Waals surface area (Å²) in [4.78, 5) is 3.98. The van der Waals surface area contributed by atoms with Crippen molar-refractivity contribution in [3.8, 4) is 0 Å². The van der Waals surface area contributed by atoms with Crippen molar-refractivity contribution < 1.29 is 0 Å². The number of hydrogen-bond donors (Lipinski definition) is 0. The summed E-state index contributed by atoms with van der Waals surface area (Å²) in [6, 6.07) is 0. The van der Waals surface area contributed by atoms with Crippen molar-refractivity contribution in [2.45, 2.75) is 5.03 Å². The van der Waals surface area contributed by atoms with Crippen LogP contribution in [-0.2, 0) is 0 Å². The van der Waals surface area contributed by atoms with Crippen molar-refractivity contribution in [2.24, 2.45) is 0 Å². The van der Waals surface area contributed by atoms with Gasteiger partial charge in [0.05, 0.1) is 6.20 Å². The third-order valence-electron chi connectivity index (χ3n) is 1.40. The van der Waals surface area contributed by atoms with E-state index in [1.165, 1.54) is 0 Å². The van der Waals surface area contributed by atoms with Crippen molar-refractivity contribution in [3.05, 3.63) is 18.9 Å². The Morgan fingerprint density at radius 2 is 2.36 bits per heavy atom. The van der Waals surface area contributed by atoms with Crippen LogP contribution >= 0.6 is 11.8 Å². The molecule has 0 atom stereocenters. The average molecular weight is 166 g/mol. The molecular formula is C6H6N4S. The van der Waals surface area contributed by atoms with E-state index in [1.54, 1.807) is 30.6 Å². The Labute approximate surface area is 67.7 Å². The van der Waals surface area contributed by atoms with Gasteiger partial charge < -0.3 is 0 Å². The van der Waals surface area contributed by atoms with Crippen LogP contribution in [0.3, 0.4) is 0 Å². The lowest BCUT2D eigenvalue weighted by molar-refractivity contribution is 0.875. The van der Waals surface area contributed by atoms with E-state index in [0.717, 1.165) is 10.5 Å². The molecule has 0 aromatic carbocycles. The first kappa shape index (κ1) is 6.60. The maximum Gasteiger partial charge on any atom is 0.144 e. The average Bonchev–Trinajstić information content (AvgIpc) is 2.50. The fourth-order valence-corrected chi connectivity index (χ4v) is 1.39. The summed E-state index contributed by atoms with van der Waals surface area (Å²) in [7, 11) is 0. The zero-order chi connectivity index (χ0) is 7.68. The fraction of sp³-hybridized carbons (Fsp3) is 0.167. The van der Waals surface area contributed by atoms with E-state index in [2.05, 4.69) is 15.2 Å². The number of imidazole rings is 1. The minimum atomic E-state index is 0.907. The molecule has 0 amide bonds. The molecule has 0 spiro atoms. The van der Waals surface area contributed by atoms with Crippen LogP contribution < -0.4 is 0 Å². The molecule has 0 unspecified atom stereocenters. The van der Waals surface area contributed by atoms with Crippen molar-refractivity contribution in [1.82, 2.24) is 19.6 Å². The van der Waals surface area contributed by atoms with Gasteiger partial charge in [-0.15, -0.1) is 22.0 Å². The number of nitrogens with zero attached hydrogens (tertiary/aromatic N) is 4. The third kappa shape index (κ3) is 0.970. The molecule has 5 heteroatoms. The lowest BCUT2D eigenvalue weighted by Crippen LogP contribution is -1.90. The van der Waals surface area contributed by atoms with Crippen molar-refractivity contribution in [2.75, 3.05) is 6.26 Å². The van der Waals surface area contributed by atoms with E-state index >= 15 is 0 Å². The zero-order valence-electron chi connectivity index (χ0n) is 5.93. The highest BCUT2D eigenvalue weighted by atomic mass is 32.2. The molecule has 56 valence electrons. The van der Waals surface area contributed by atoms with E-state index in [1.807, 2.05) is 10.7 Å². The van der Waals surface area contributed by atoms with Gasteiger partial charge in [-0.3, -0.25) is 4.40 Å². The van der Waals surface area contributed by atoms with Gasteiger partial charge in [0.2, 0.25) is 0 Å². The van der Waals surface area contributed by atoms with E-state index in [-0.39, 0.29) is 0 Å². The number of fused-ring (bicyclic) bond motifs is 1. The van der Waals surface area contributed by atoms with Crippen LogP contribution in [0.1, 0.15) is 0 Å². The van der Waals surface area contributed by atoms with Gasteiger partial charge in [0.1, 0.15) is 23.2 Å². The Hall–Kier alpha value is -1.10. The molecule has 0 aliphatic heterocycles. The van der Waals surface area contributed by atoms with Crippen LogP contribution in [0.25, 0.3) is 5.52 Å². The molecule has 0 N–H and O–H groups in total. The van der Waals surface area contributed by atoms with Crippen LogP contribution in [0.15, 0.2) is 23.9 Å². The Morgan fingerprint density at radius 1 is 1.45 bits per heavy atom. The van der Waals surface area contributed by atoms with Crippen LogP contribution in [0.5, 0.6) is 0 Å². The van der Waals surface area contributed by atoms with Crippen LogP contribution in [0.4, 0.5) is 0 Å². The summed E-state index contributed by atoms with van der Waals surface area (Å²) in [6.45, 7) is 0. The van der Waals surface area contributed by atoms with Crippen molar-refractivity contribution in [3.63, 3.8) is 0 Å². The molecule has 0 aliphatic rings. The van der Waals surface area contributed by atoms with Gasteiger partial charge in [0.15, 0.2) is 0 Å². The second kappa shape index (κ2) is 2.50. The summed E-state index contributed by atoms with van der Waals surface area (Å²) < 4.78 is 1.85. The number of thioether (sulfide) groups is 1. The first-order valence-corrected chi connectivity index (χ1v) is 4.31. The van der Waals surface area contributed by atoms with Gasteiger partial charge in [0, 0.05) is 0 Å². The molecule has 4 nitrogen and oxygen atoms in total. The van der Waals surface area contributed by atoms with Crippen molar-refractivity contribution in [1.29, 1.82) is 0 Å². The summed E-state index contributed by atoms with van der Waals surface area (Å²) in [6.07, 6.45) is 7.10. The lowest BCUT2D eigenvalue weighted by atomic mass is 10.6. The Morgan fingerprint density at radius 3 is 3.18 bits per heavy atom. The molecule has 0 fully saturated rings. The van der Waals surface area contributed by atoms with Gasteiger partial charge in [-0.1, -0.05) is 0 Å². The minimum absolute atomic E-state index is 0.907. The molecule has 2 heterocycles. The highest BCUT2D eigenvalue weighted by Gasteiger charge is 2.00. The maximum atomic E-state index is 3.98. The Bertz CT molecular complexity index is 369. The first-order chi connectivity index (χ1) is 5.42. The summed E-state index contributed by atoms with van der Waals surface area (Å²) in [5.74, 6) is 0. The summed E-state index contributed by atoms with van der Waals surface area (Å²) in [5.41, 5.74) is 1.01. The van der Waals surface area contributed by atoms with Gasteiger partial charge in [-0.25, -0.2) is 4.98 Å². The SMILES string of the molecule is CSc1nncn2cncc12. The highest BCUT2D eigenvalue weighted by molar-refractivity contribution is 7.98. The quantitative estimate of drug-likeness (QED) is 0.589. The summed E-state index contributed by atoms with van der Waals surface area (Å²) >= 11 is 1.57. The second-order valence-corrected chi connectivity index (χ2v) is 2.82. The number of aromatic nitrogens is 4. The van der Waals surface area contributed by atoms with E-state index < -0.39 is 0 Å². The number of hydrogen-bond acceptors (Lipinski definition) is 4. The first-order valence-electron chi connectivity index (χ1n) is 3.09. The van der Waals surface area contributed by atoms with Crippen LogP contribution in [0, 0.1) is 0 Å². The summed E-state index contributed by atoms with van der Waals surface area (Å²) in [5, 5.41) is 8.67. The molecule has 0 bridgehead atoms. The van der Waals surface area contributed by atoms with Gasteiger partial charge in [0.25, 0.3) is 0 Å². The van der Waals surface area contributed by atoms with E-state index in [0.29, 0.717) is 0 Å². The van der Waals surface area contributed by atoms with Gasteiger partial charge in [-0.2, -0.15) is 0 Å². The van der Waals surface area contributed by atoms with E-state index in [4.69, 9.17) is 0 Å².